The fraction of sp³-hybridized carbons (Fsp3) is 0.733. The zero-order chi connectivity index (χ0) is 15.5. The third-order valence-electron chi connectivity index (χ3n) is 4.17. The Balaban J connectivity index is 1.58. The predicted octanol–water partition coefficient (Wildman–Crippen LogP) is 1.75. The van der Waals surface area contributed by atoms with Crippen molar-refractivity contribution >= 4 is 0 Å². The molecule has 0 aliphatic carbocycles. The SMILES string of the molecule is CCc1nc(CN2CCC[C@H](Cn3nc(C)nc3C)C2)no1. The average molecular weight is 304 g/mol. The van der Waals surface area contributed by atoms with E-state index in [-0.39, 0.29) is 0 Å². The number of rotatable bonds is 5. The Labute approximate surface area is 130 Å². The van der Waals surface area contributed by atoms with Gasteiger partial charge in [-0.1, -0.05) is 12.1 Å². The predicted molar refractivity (Wildman–Crippen MR) is 81.2 cm³/mol. The van der Waals surface area contributed by atoms with Crippen molar-refractivity contribution < 1.29 is 4.52 Å². The van der Waals surface area contributed by atoms with Crippen LogP contribution in [0.15, 0.2) is 4.52 Å². The van der Waals surface area contributed by atoms with Crippen LogP contribution < -0.4 is 0 Å². The molecule has 0 unspecified atom stereocenters. The van der Waals surface area contributed by atoms with E-state index in [2.05, 4.69) is 25.1 Å². The van der Waals surface area contributed by atoms with Crippen molar-refractivity contribution in [2.75, 3.05) is 13.1 Å². The van der Waals surface area contributed by atoms with Crippen molar-refractivity contribution in [3.8, 4) is 0 Å². The molecule has 7 nitrogen and oxygen atoms in total. The van der Waals surface area contributed by atoms with Gasteiger partial charge < -0.3 is 4.52 Å². The molecule has 3 rings (SSSR count). The van der Waals surface area contributed by atoms with Crippen LogP contribution in [0.2, 0.25) is 0 Å². The van der Waals surface area contributed by atoms with Crippen LogP contribution in [0.5, 0.6) is 0 Å². The van der Waals surface area contributed by atoms with E-state index in [9.17, 15) is 0 Å². The van der Waals surface area contributed by atoms with Crippen LogP contribution in [0.1, 0.15) is 43.1 Å². The van der Waals surface area contributed by atoms with Crippen LogP contribution in [-0.2, 0) is 19.5 Å². The van der Waals surface area contributed by atoms with Crippen molar-refractivity contribution in [2.45, 2.75) is 53.1 Å². The molecule has 120 valence electrons. The zero-order valence-electron chi connectivity index (χ0n) is 13.6. The Morgan fingerprint density at radius 1 is 1.27 bits per heavy atom. The van der Waals surface area contributed by atoms with Gasteiger partial charge >= 0.3 is 0 Å². The topological polar surface area (TPSA) is 72.9 Å². The van der Waals surface area contributed by atoms with E-state index >= 15 is 0 Å². The Hall–Kier alpha value is -1.76. The summed E-state index contributed by atoms with van der Waals surface area (Å²) in [7, 11) is 0. The van der Waals surface area contributed by atoms with Gasteiger partial charge in [0.1, 0.15) is 11.6 Å². The van der Waals surface area contributed by atoms with Crippen LogP contribution >= 0.6 is 0 Å². The van der Waals surface area contributed by atoms with Crippen molar-refractivity contribution in [2.24, 2.45) is 5.92 Å². The van der Waals surface area contributed by atoms with Gasteiger partial charge in [0.2, 0.25) is 5.89 Å². The van der Waals surface area contributed by atoms with Crippen LogP contribution in [0.25, 0.3) is 0 Å². The monoisotopic (exact) mass is 304 g/mol. The van der Waals surface area contributed by atoms with Crippen molar-refractivity contribution in [3.05, 3.63) is 23.4 Å². The summed E-state index contributed by atoms with van der Waals surface area (Å²) >= 11 is 0. The highest BCUT2D eigenvalue weighted by Crippen LogP contribution is 2.20. The van der Waals surface area contributed by atoms with Crippen LogP contribution in [0.3, 0.4) is 0 Å². The lowest BCUT2D eigenvalue weighted by Gasteiger charge is -2.31. The fourth-order valence-corrected chi connectivity index (χ4v) is 3.12. The number of hydrogen-bond acceptors (Lipinski definition) is 6. The lowest BCUT2D eigenvalue weighted by molar-refractivity contribution is 0.148. The van der Waals surface area contributed by atoms with Crippen LogP contribution in [0.4, 0.5) is 0 Å². The van der Waals surface area contributed by atoms with Gasteiger partial charge in [-0.05, 0) is 39.2 Å². The normalized spacial score (nSPS) is 19.7. The minimum atomic E-state index is 0.603. The molecule has 0 spiro atoms. The molecule has 0 N–H and O–H groups in total. The average Bonchev–Trinajstić information content (AvgIpc) is 3.06. The Kier molecular flexibility index (Phi) is 4.52. The molecule has 0 aromatic carbocycles. The van der Waals surface area contributed by atoms with Crippen molar-refractivity contribution in [1.82, 2.24) is 29.8 Å². The van der Waals surface area contributed by atoms with Gasteiger partial charge in [0, 0.05) is 19.5 Å². The number of hydrogen-bond donors (Lipinski definition) is 0. The minimum Gasteiger partial charge on any atom is -0.339 e. The van der Waals surface area contributed by atoms with E-state index in [1.54, 1.807) is 0 Å². The van der Waals surface area contributed by atoms with Gasteiger partial charge in [-0.3, -0.25) is 4.90 Å². The van der Waals surface area contributed by atoms with Gasteiger partial charge in [0.05, 0.1) is 6.54 Å². The molecule has 22 heavy (non-hydrogen) atoms. The standard InChI is InChI=1S/C15H24N6O/c1-4-15-17-14(19-22-15)10-20-7-5-6-13(8-20)9-21-12(3)16-11(2)18-21/h13H,4-10H2,1-3H3/t13-/m0/s1. The van der Waals surface area contributed by atoms with E-state index in [4.69, 9.17) is 4.52 Å². The molecule has 2 aromatic heterocycles. The third-order valence-corrected chi connectivity index (χ3v) is 4.17. The Bertz CT molecular complexity index is 619. The molecule has 1 aliphatic rings. The first-order valence-electron chi connectivity index (χ1n) is 8.06. The van der Waals surface area contributed by atoms with Gasteiger partial charge in [-0.2, -0.15) is 10.1 Å². The zero-order valence-corrected chi connectivity index (χ0v) is 13.6. The molecule has 1 fully saturated rings. The summed E-state index contributed by atoms with van der Waals surface area (Å²) < 4.78 is 7.22. The number of aromatic nitrogens is 5. The second kappa shape index (κ2) is 6.56. The highest BCUT2D eigenvalue weighted by molar-refractivity contribution is 4.90. The maximum absolute atomic E-state index is 5.19. The quantitative estimate of drug-likeness (QED) is 0.838. The second-order valence-corrected chi connectivity index (χ2v) is 6.09. The summed E-state index contributed by atoms with van der Waals surface area (Å²) in [4.78, 5) is 11.2. The van der Waals surface area contributed by atoms with Crippen LogP contribution in [0, 0.1) is 19.8 Å². The van der Waals surface area contributed by atoms with Gasteiger partial charge in [-0.15, -0.1) is 0 Å². The lowest BCUT2D eigenvalue weighted by atomic mass is 9.98. The van der Waals surface area contributed by atoms with E-state index < -0.39 is 0 Å². The summed E-state index contributed by atoms with van der Waals surface area (Å²) in [6.07, 6.45) is 3.23. The Morgan fingerprint density at radius 2 is 2.14 bits per heavy atom. The summed E-state index contributed by atoms with van der Waals surface area (Å²) in [5.74, 6) is 3.97. The van der Waals surface area contributed by atoms with E-state index in [0.29, 0.717) is 5.92 Å². The maximum atomic E-state index is 5.19. The second-order valence-electron chi connectivity index (χ2n) is 6.09. The molecule has 0 bridgehead atoms. The first-order chi connectivity index (χ1) is 10.6. The molecule has 1 saturated heterocycles. The summed E-state index contributed by atoms with van der Waals surface area (Å²) in [5, 5.41) is 8.53. The van der Waals surface area contributed by atoms with Gasteiger partial charge in [0.15, 0.2) is 5.82 Å². The minimum absolute atomic E-state index is 0.603. The van der Waals surface area contributed by atoms with Gasteiger partial charge in [-0.25, -0.2) is 9.67 Å². The molecular weight excluding hydrogens is 280 g/mol. The van der Waals surface area contributed by atoms with Gasteiger partial charge in [0.25, 0.3) is 0 Å². The molecule has 2 aromatic rings. The molecule has 0 radical (unpaired) electrons. The number of nitrogens with zero attached hydrogens (tertiary/aromatic N) is 6. The first kappa shape index (κ1) is 15.1. The smallest absolute Gasteiger partial charge is 0.226 e. The maximum Gasteiger partial charge on any atom is 0.226 e. The fourth-order valence-electron chi connectivity index (χ4n) is 3.12. The molecule has 7 heteroatoms. The van der Waals surface area contributed by atoms with Crippen molar-refractivity contribution in [1.29, 1.82) is 0 Å². The summed E-state index contributed by atoms with van der Waals surface area (Å²) in [6.45, 7) is 9.85. The third kappa shape index (κ3) is 3.52. The Morgan fingerprint density at radius 3 is 2.82 bits per heavy atom. The number of aryl methyl sites for hydroxylation is 3. The molecule has 1 aliphatic heterocycles. The van der Waals surface area contributed by atoms with Crippen molar-refractivity contribution in [3.63, 3.8) is 0 Å². The highest BCUT2D eigenvalue weighted by atomic mass is 16.5. The molecule has 1 atom stereocenters. The van der Waals surface area contributed by atoms with E-state index in [1.165, 1.54) is 12.8 Å². The number of likely N-dealkylation sites (tertiary alicyclic amines) is 1. The molecule has 0 saturated carbocycles. The molecular formula is C15H24N6O. The van der Waals surface area contributed by atoms with E-state index in [1.807, 2.05) is 25.5 Å². The van der Waals surface area contributed by atoms with E-state index in [0.717, 1.165) is 56.0 Å². The number of piperidine rings is 1. The first-order valence-corrected chi connectivity index (χ1v) is 8.06. The lowest BCUT2D eigenvalue weighted by Crippen LogP contribution is -2.37. The summed E-state index contributed by atoms with van der Waals surface area (Å²) in [5.41, 5.74) is 0. The molecule has 0 amide bonds. The molecule has 3 heterocycles. The largest absolute Gasteiger partial charge is 0.339 e. The van der Waals surface area contributed by atoms with Crippen LogP contribution in [-0.4, -0.2) is 42.9 Å². The summed E-state index contributed by atoms with van der Waals surface area (Å²) in [6, 6.07) is 0. The highest BCUT2D eigenvalue weighted by Gasteiger charge is 2.22.